The zero-order chi connectivity index (χ0) is 10.9. The van der Waals surface area contributed by atoms with Crippen LogP contribution < -0.4 is 0 Å². The molecule has 0 saturated carbocycles. The molecule has 0 spiro atoms. The Bertz CT molecular complexity index is 377. The third-order valence-electron chi connectivity index (χ3n) is 1.81. The van der Waals surface area contributed by atoms with Gasteiger partial charge in [-0.05, 0) is 24.6 Å². The summed E-state index contributed by atoms with van der Waals surface area (Å²) in [5, 5.41) is 18.4. The second-order valence-corrected chi connectivity index (χ2v) is 3.68. The molecule has 0 aromatic heterocycles. The normalized spacial score (nSPS) is 12.6. The van der Waals surface area contributed by atoms with Crippen molar-refractivity contribution in [3.8, 4) is 0 Å². The first kappa shape index (κ1) is 11.3. The van der Waals surface area contributed by atoms with Crippen molar-refractivity contribution in [2.24, 2.45) is 0 Å². The summed E-state index contributed by atoms with van der Waals surface area (Å²) in [5.74, 6) is -1.34. The Morgan fingerprint density at radius 1 is 1.36 bits per heavy atom. The molecule has 1 unspecified atom stereocenters. The first-order valence-corrected chi connectivity index (χ1v) is 4.55. The maximum Gasteiger partial charge on any atom is 0.337 e. The molecule has 0 radical (unpaired) electrons. The van der Waals surface area contributed by atoms with Crippen LogP contribution in [0.25, 0.3) is 0 Å². The average Bonchev–Trinajstić information content (AvgIpc) is 2.10. The van der Waals surface area contributed by atoms with Crippen LogP contribution in [0, 0.1) is 6.92 Å². The Kier molecular flexibility index (Phi) is 3.37. The molecular formula is C9H8Cl2O3. The molecule has 0 amide bonds. The summed E-state index contributed by atoms with van der Waals surface area (Å²) >= 11 is 11.5. The van der Waals surface area contributed by atoms with Crippen LogP contribution in [-0.4, -0.2) is 16.2 Å². The minimum absolute atomic E-state index is 0.149. The van der Waals surface area contributed by atoms with Crippen LogP contribution in [0.15, 0.2) is 12.1 Å². The number of carboxylic acids is 1. The summed E-state index contributed by atoms with van der Waals surface area (Å²) in [6.07, 6.45) is -1.61. The number of benzene rings is 1. The molecule has 1 aromatic rings. The number of hydrogen-bond acceptors (Lipinski definition) is 2. The lowest BCUT2D eigenvalue weighted by molar-refractivity contribution is -0.146. The Hall–Kier alpha value is -0.770. The number of aliphatic carboxylic acids is 1. The average molecular weight is 235 g/mol. The van der Waals surface area contributed by atoms with Crippen molar-refractivity contribution in [1.82, 2.24) is 0 Å². The molecule has 76 valence electrons. The van der Waals surface area contributed by atoms with E-state index in [9.17, 15) is 9.90 Å². The smallest absolute Gasteiger partial charge is 0.337 e. The third kappa shape index (κ3) is 2.18. The van der Waals surface area contributed by atoms with E-state index >= 15 is 0 Å². The Morgan fingerprint density at radius 2 is 1.93 bits per heavy atom. The van der Waals surface area contributed by atoms with E-state index in [1.54, 1.807) is 6.92 Å². The van der Waals surface area contributed by atoms with Crippen LogP contribution in [0.4, 0.5) is 0 Å². The maximum absolute atomic E-state index is 10.5. The predicted octanol–water partition coefficient (Wildman–Crippen LogP) is 2.42. The van der Waals surface area contributed by atoms with E-state index in [1.807, 2.05) is 0 Å². The minimum atomic E-state index is -1.61. The zero-order valence-corrected chi connectivity index (χ0v) is 8.80. The summed E-state index contributed by atoms with van der Waals surface area (Å²) in [5.41, 5.74) is 0.826. The van der Waals surface area contributed by atoms with Gasteiger partial charge in [0.2, 0.25) is 0 Å². The van der Waals surface area contributed by atoms with Crippen molar-refractivity contribution in [2.75, 3.05) is 0 Å². The highest BCUT2D eigenvalue weighted by Gasteiger charge is 2.19. The highest BCUT2D eigenvalue weighted by atomic mass is 35.5. The van der Waals surface area contributed by atoms with Gasteiger partial charge in [0.15, 0.2) is 6.10 Å². The van der Waals surface area contributed by atoms with Gasteiger partial charge in [-0.1, -0.05) is 23.2 Å². The molecule has 0 aliphatic carbocycles. The van der Waals surface area contributed by atoms with Crippen LogP contribution in [0.3, 0.4) is 0 Å². The van der Waals surface area contributed by atoms with Crippen molar-refractivity contribution in [3.05, 3.63) is 33.3 Å². The first-order valence-electron chi connectivity index (χ1n) is 3.80. The standard InChI is InChI=1S/C9H8Cl2O3/c1-4-2-5(8(12)9(13)14)7(11)3-6(4)10/h2-3,8,12H,1H3,(H,13,14). The molecule has 0 aliphatic heterocycles. The van der Waals surface area contributed by atoms with Gasteiger partial charge in [-0.15, -0.1) is 0 Å². The Balaban J connectivity index is 3.22. The zero-order valence-electron chi connectivity index (χ0n) is 7.29. The lowest BCUT2D eigenvalue weighted by atomic mass is 10.1. The Labute approximate surface area is 90.9 Å². The monoisotopic (exact) mass is 234 g/mol. The number of halogens is 2. The summed E-state index contributed by atoms with van der Waals surface area (Å²) < 4.78 is 0. The molecular weight excluding hydrogens is 227 g/mol. The van der Waals surface area contributed by atoms with Gasteiger partial charge < -0.3 is 10.2 Å². The van der Waals surface area contributed by atoms with Gasteiger partial charge in [0.1, 0.15) is 0 Å². The lowest BCUT2D eigenvalue weighted by Crippen LogP contribution is -2.11. The number of carboxylic acid groups (broad SMARTS) is 1. The molecule has 14 heavy (non-hydrogen) atoms. The van der Waals surface area contributed by atoms with Gasteiger partial charge >= 0.3 is 5.97 Å². The Morgan fingerprint density at radius 3 is 2.43 bits per heavy atom. The fraction of sp³-hybridized carbons (Fsp3) is 0.222. The molecule has 0 heterocycles. The van der Waals surface area contributed by atoms with Gasteiger partial charge in [0.05, 0.1) is 0 Å². The van der Waals surface area contributed by atoms with Crippen molar-refractivity contribution in [1.29, 1.82) is 0 Å². The van der Waals surface area contributed by atoms with Gasteiger partial charge in [-0.3, -0.25) is 0 Å². The van der Waals surface area contributed by atoms with Crippen molar-refractivity contribution in [3.63, 3.8) is 0 Å². The van der Waals surface area contributed by atoms with E-state index in [0.717, 1.165) is 0 Å². The maximum atomic E-state index is 10.5. The number of aliphatic hydroxyl groups excluding tert-OH is 1. The third-order valence-corrected chi connectivity index (χ3v) is 2.54. The predicted molar refractivity (Wildman–Crippen MR) is 53.8 cm³/mol. The van der Waals surface area contributed by atoms with Crippen LogP contribution in [0.2, 0.25) is 10.0 Å². The molecule has 2 N–H and O–H groups in total. The summed E-state index contributed by atoms with van der Waals surface area (Å²) in [6.45, 7) is 1.71. The van der Waals surface area contributed by atoms with E-state index in [0.29, 0.717) is 10.6 Å². The largest absolute Gasteiger partial charge is 0.479 e. The molecule has 1 atom stereocenters. The van der Waals surface area contributed by atoms with Gasteiger partial charge in [0, 0.05) is 15.6 Å². The number of hydrogen-bond donors (Lipinski definition) is 2. The number of carbonyl (C=O) groups is 1. The van der Waals surface area contributed by atoms with Gasteiger partial charge in [0.25, 0.3) is 0 Å². The van der Waals surface area contributed by atoms with E-state index in [-0.39, 0.29) is 10.6 Å². The highest BCUT2D eigenvalue weighted by Crippen LogP contribution is 2.29. The second-order valence-electron chi connectivity index (χ2n) is 2.86. The fourth-order valence-corrected chi connectivity index (χ4v) is 1.51. The summed E-state index contributed by atoms with van der Waals surface area (Å²) in [6, 6.07) is 2.88. The van der Waals surface area contributed by atoms with Gasteiger partial charge in [-0.25, -0.2) is 4.79 Å². The molecule has 1 rings (SSSR count). The molecule has 0 aliphatic rings. The lowest BCUT2D eigenvalue weighted by Gasteiger charge is -2.09. The van der Waals surface area contributed by atoms with Crippen LogP contribution in [0.1, 0.15) is 17.2 Å². The van der Waals surface area contributed by atoms with Crippen LogP contribution in [0.5, 0.6) is 0 Å². The summed E-state index contributed by atoms with van der Waals surface area (Å²) in [4.78, 5) is 10.5. The molecule has 3 nitrogen and oxygen atoms in total. The SMILES string of the molecule is Cc1cc(C(O)C(=O)O)c(Cl)cc1Cl. The molecule has 1 aromatic carbocycles. The fourth-order valence-electron chi connectivity index (χ4n) is 1.02. The van der Waals surface area contributed by atoms with E-state index in [1.165, 1.54) is 12.1 Å². The molecule has 0 saturated heterocycles. The van der Waals surface area contributed by atoms with Crippen LogP contribution >= 0.6 is 23.2 Å². The quantitative estimate of drug-likeness (QED) is 0.827. The van der Waals surface area contributed by atoms with Crippen molar-refractivity contribution in [2.45, 2.75) is 13.0 Å². The van der Waals surface area contributed by atoms with Crippen molar-refractivity contribution < 1.29 is 15.0 Å². The number of aliphatic hydroxyl groups is 1. The van der Waals surface area contributed by atoms with Crippen molar-refractivity contribution >= 4 is 29.2 Å². The first-order chi connectivity index (χ1) is 6.43. The molecule has 0 bridgehead atoms. The van der Waals surface area contributed by atoms with Gasteiger partial charge in [-0.2, -0.15) is 0 Å². The van der Waals surface area contributed by atoms with E-state index in [2.05, 4.69) is 0 Å². The topological polar surface area (TPSA) is 57.5 Å². The van der Waals surface area contributed by atoms with E-state index < -0.39 is 12.1 Å². The minimum Gasteiger partial charge on any atom is -0.479 e. The molecule has 0 fully saturated rings. The van der Waals surface area contributed by atoms with E-state index in [4.69, 9.17) is 28.3 Å². The summed E-state index contributed by atoms with van der Waals surface area (Å²) in [7, 11) is 0. The van der Waals surface area contributed by atoms with Crippen LogP contribution in [-0.2, 0) is 4.79 Å². The molecule has 5 heteroatoms. The second kappa shape index (κ2) is 4.17. The number of aryl methyl sites for hydroxylation is 1. The number of rotatable bonds is 2. The highest BCUT2D eigenvalue weighted by molar-refractivity contribution is 6.35.